The zero-order valence-electron chi connectivity index (χ0n) is 13.5. The van der Waals surface area contributed by atoms with Crippen LogP contribution in [0.15, 0.2) is 12.4 Å². The standard InChI is InChI=1S/C17H31BN2/c1-3-5-7-9-11-13-16(12-10-8-6-4-2)17-14-19-20(18)15-17/h14-16H,3-13H2,1-2H3. The van der Waals surface area contributed by atoms with Crippen molar-refractivity contribution >= 4 is 7.98 Å². The summed E-state index contributed by atoms with van der Waals surface area (Å²) in [6.45, 7) is 4.54. The predicted molar refractivity (Wildman–Crippen MR) is 88.3 cm³/mol. The summed E-state index contributed by atoms with van der Waals surface area (Å²) < 4.78 is 1.45. The van der Waals surface area contributed by atoms with Crippen molar-refractivity contribution in [1.29, 1.82) is 0 Å². The molecule has 1 aromatic heterocycles. The molecule has 2 nitrogen and oxygen atoms in total. The summed E-state index contributed by atoms with van der Waals surface area (Å²) >= 11 is 0. The molecular formula is C17H31BN2. The molecule has 0 fully saturated rings. The van der Waals surface area contributed by atoms with Crippen LogP contribution < -0.4 is 0 Å². The normalized spacial score (nSPS) is 12.7. The molecule has 1 aromatic rings. The van der Waals surface area contributed by atoms with Gasteiger partial charge in [0.15, 0.2) is 0 Å². The fraction of sp³-hybridized carbons (Fsp3) is 0.824. The average Bonchev–Trinajstić information content (AvgIpc) is 2.87. The molecule has 1 heterocycles. The van der Waals surface area contributed by atoms with Gasteiger partial charge in [0.05, 0.1) is 6.20 Å². The van der Waals surface area contributed by atoms with Crippen LogP contribution in [0.1, 0.15) is 96.0 Å². The Labute approximate surface area is 126 Å². The van der Waals surface area contributed by atoms with Crippen LogP contribution in [0.3, 0.4) is 0 Å². The Morgan fingerprint density at radius 2 is 1.50 bits per heavy atom. The van der Waals surface area contributed by atoms with Crippen molar-refractivity contribution in [1.82, 2.24) is 9.69 Å². The Bertz CT molecular complexity index is 335. The lowest BCUT2D eigenvalue weighted by Crippen LogP contribution is -1.99. The lowest BCUT2D eigenvalue weighted by atomic mass is 9.90. The highest BCUT2D eigenvalue weighted by Crippen LogP contribution is 2.28. The topological polar surface area (TPSA) is 17.8 Å². The van der Waals surface area contributed by atoms with Crippen molar-refractivity contribution in [3.63, 3.8) is 0 Å². The molecule has 1 rings (SSSR count). The van der Waals surface area contributed by atoms with Crippen LogP contribution in [0.2, 0.25) is 0 Å². The summed E-state index contributed by atoms with van der Waals surface area (Å²) in [5.41, 5.74) is 1.33. The zero-order chi connectivity index (χ0) is 14.6. The van der Waals surface area contributed by atoms with Crippen molar-refractivity contribution in [2.45, 2.75) is 90.4 Å². The highest BCUT2D eigenvalue weighted by atomic mass is 15.2. The Morgan fingerprint density at radius 1 is 0.950 bits per heavy atom. The van der Waals surface area contributed by atoms with Gasteiger partial charge >= 0.3 is 0 Å². The van der Waals surface area contributed by atoms with Gasteiger partial charge in [-0.2, -0.15) is 5.10 Å². The SMILES string of the molecule is [B]n1cc(C(CCCCCC)CCCCCCC)cn1. The van der Waals surface area contributed by atoms with Gasteiger partial charge in [0.25, 0.3) is 7.98 Å². The van der Waals surface area contributed by atoms with Gasteiger partial charge in [0.2, 0.25) is 0 Å². The van der Waals surface area contributed by atoms with E-state index < -0.39 is 0 Å². The van der Waals surface area contributed by atoms with E-state index in [-0.39, 0.29) is 0 Å². The lowest BCUT2D eigenvalue weighted by molar-refractivity contribution is 0.493. The van der Waals surface area contributed by atoms with E-state index in [1.807, 2.05) is 12.4 Å². The van der Waals surface area contributed by atoms with Gasteiger partial charge in [-0.1, -0.05) is 71.6 Å². The molecule has 0 amide bonds. The maximum atomic E-state index is 5.69. The summed E-state index contributed by atoms with van der Waals surface area (Å²) in [5.74, 6) is 0.658. The minimum atomic E-state index is 0.658. The number of unbranched alkanes of at least 4 members (excludes halogenated alkanes) is 7. The van der Waals surface area contributed by atoms with Gasteiger partial charge in [-0.3, -0.25) is 0 Å². The first-order chi connectivity index (χ1) is 9.77. The highest BCUT2D eigenvalue weighted by Gasteiger charge is 2.12. The number of nitrogens with zero attached hydrogens (tertiary/aromatic N) is 2. The van der Waals surface area contributed by atoms with Crippen LogP contribution in [-0.4, -0.2) is 17.7 Å². The van der Waals surface area contributed by atoms with Crippen LogP contribution in [0.25, 0.3) is 0 Å². The number of rotatable bonds is 12. The molecule has 0 aliphatic heterocycles. The number of hydrogen-bond acceptors (Lipinski definition) is 1. The minimum absolute atomic E-state index is 0.658. The summed E-state index contributed by atoms with van der Waals surface area (Å²) in [4.78, 5) is 0. The van der Waals surface area contributed by atoms with E-state index >= 15 is 0 Å². The van der Waals surface area contributed by atoms with Crippen LogP contribution in [0, 0.1) is 0 Å². The van der Waals surface area contributed by atoms with E-state index in [1.165, 1.54) is 80.8 Å². The Kier molecular flexibility index (Phi) is 9.52. The van der Waals surface area contributed by atoms with E-state index in [0.29, 0.717) is 5.92 Å². The van der Waals surface area contributed by atoms with E-state index in [9.17, 15) is 0 Å². The van der Waals surface area contributed by atoms with Gasteiger partial charge in [-0.05, 0) is 24.3 Å². The zero-order valence-corrected chi connectivity index (χ0v) is 13.5. The first-order valence-electron chi connectivity index (χ1n) is 8.57. The lowest BCUT2D eigenvalue weighted by Gasteiger charge is -2.15. The summed E-state index contributed by atoms with van der Waals surface area (Å²) in [5, 5.41) is 4.13. The Morgan fingerprint density at radius 3 is 2.00 bits per heavy atom. The molecule has 2 radical (unpaired) electrons. The summed E-state index contributed by atoms with van der Waals surface area (Å²) in [6, 6.07) is 0. The third kappa shape index (κ3) is 7.16. The number of hydrogen-bond donors (Lipinski definition) is 0. The molecule has 112 valence electrons. The highest BCUT2D eigenvalue weighted by molar-refractivity contribution is 6.05. The molecular weight excluding hydrogens is 243 g/mol. The largest absolute Gasteiger partial charge is 0.330 e. The van der Waals surface area contributed by atoms with Crippen molar-refractivity contribution in [3.8, 4) is 0 Å². The van der Waals surface area contributed by atoms with Crippen LogP contribution in [0.4, 0.5) is 0 Å². The molecule has 0 aliphatic rings. The summed E-state index contributed by atoms with van der Waals surface area (Å²) in [7, 11) is 5.69. The first kappa shape index (κ1) is 17.3. The second-order valence-electron chi connectivity index (χ2n) is 6.00. The summed E-state index contributed by atoms with van der Waals surface area (Å²) in [6.07, 6.45) is 18.7. The monoisotopic (exact) mass is 274 g/mol. The van der Waals surface area contributed by atoms with Crippen molar-refractivity contribution in [2.75, 3.05) is 0 Å². The van der Waals surface area contributed by atoms with E-state index in [0.717, 1.165) is 0 Å². The van der Waals surface area contributed by atoms with Crippen LogP contribution in [0.5, 0.6) is 0 Å². The molecule has 0 N–H and O–H groups in total. The van der Waals surface area contributed by atoms with E-state index in [4.69, 9.17) is 7.98 Å². The van der Waals surface area contributed by atoms with Gasteiger partial charge in [0.1, 0.15) is 0 Å². The van der Waals surface area contributed by atoms with Gasteiger partial charge in [-0.15, -0.1) is 0 Å². The molecule has 0 aliphatic carbocycles. The van der Waals surface area contributed by atoms with E-state index in [2.05, 4.69) is 18.9 Å². The quantitative estimate of drug-likeness (QED) is 0.377. The van der Waals surface area contributed by atoms with Gasteiger partial charge in [-0.25, -0.2) is 0 Å². The molecule has 1 atom stereocenters. The Hall–Kier alpha value is -0.725. The van der Waals surface area contributed by atoms with Crippen molar-refractivity contribution < 1.29 is 0 Å². The van der Waals surface area contributed by atoms with Crippen LogP contribution >= 0.6 is 0 Å². The minimum Gasteiger partial charge on any atom is -0.330 e. The average molecular weight is 274 g/mol. The predicted octanol–water partition coefficient (Wildman–Crippen LogP) is 5.23. The molecule has 0 bridgehead atoms. The maximum absolute atomic E-state index is 5.69. The van der Waals surface area contributed by atoms with Crippen molar-refractivity contribution in [2.24, 2.45) is 0 Å². The second-order valence-corrected chi connectivity index (χ2v) is 6.00. The Balaban J connectivity index is 2.34. The first-order valence-corrected chi connectivity index (χ1v) is 8.57. The van der Waals surface area contributed by atoms with Crippen LogP contribution in [-0.2, 0) is 0 Å². The smallest absolute Gasteiger partial charge is 0.264 e. The fourth-order valence-electron chi connectivity index (χ4n) is 2.85. The molecule has 1 unspecified atom stereocenters. The van der Waals surface area contributed by atoms with Crippen molar-refractivity contribution in [3.05, 3.63) is 18.0 Å². The fourth-order valence-corrected chi connectivity index (χ4v) is 2.85. The van der Waals surface area contributed by atoms with Gasteiger partial charge in [0, 0.05) is 6.20 Å². The molecule has 0 saturated carbocycles. The number of aromatic nitrogens is 2. The van der Waals surface area contributed by atoms with Gasteiger partial charge < -0.3 is 4.59 Å². The molecule has 20 heavy (non-hydrogen) atoms. The second kappa shape index (κ2) is 11.0. The third-order valence-corrected chi connectivity index (χ3v) is 4.16. The molecule has 0 saturated heterocycles. The molecule has 0 aromatic carbocycles. The molecule has 0 spiro atoms. The van der Waals surface area contributed by atoms with E-state index in [1.54, 1.807) is 0 Å². The maximum Gasteiger partial charge on any atom is 0.264 e. The molecule has 3 heteroatoms. The third-order valence-electron chi connectivity index (χ3n) is 4.16.